The lowest BCUT2D eigenvalue weighted by Gasteiger charge is -2.14. The van der Waals surface area contributed by atoms with Gasteiger partial charge in [-0.25, -0.2) is 10.4 Å². The molecular weight excluding hydrogens is 600 g/mol. The third kappa shape index (κ3) is 6.05. The lowest BCUT2D eigenvalue weighted by Crippen LogP contribution is -2.24. The Morgan fingerprint density at radius 1 is 1.23 bits per heavy atom. The van der Waals surface area contributed by atoms with Crippen LogP contribution >= 0.6 is 39.0 Å². The molecule has 2 aromatic carbocycles. The van der Waals surface area contributed by atoms with Gasteiger partial charge in [0.1, 0.15) is 16.3 Å². The number of aromatic nitrogens is 2. The van der Waals surface area contributed by atoms with Gasteiger partial charge in [0.25, 0.3) is 11.5 Å². The Morgan fingerprint density at radius 3 is 2.77 bits per heavy atom. The van der Waals surface area contributed by atoms with E-state index in [9.17, 15) is 9.59 Å². The van der Waals surface area contributed by atoms with E-state index in [0.29, 0.717) is 28.6 Å². The molecule has 11 heteroatoms. The Kier molecular flexibility index (Phi) is 8.69. The van der Waals surface area contributed by atoms with Gasteiger partial charge in [-0.2, -0.15) is 5.10 Å². The zero-order chi connectivity index (χ0) is 27.4. The van der Waals surface area contributed by atoms with Crippen LogP contribution in [0.5, 0.6) is 11.5 Å². The third-order valence-electron chi connectivity index (χ3n) is 6.28. The van der Waals surface area contributed by atoms with Crippen molar-refractivity contribution in [2.24, 2.45) is 5.10 Å². The molecule has 0 saturated heterocycles. The number of halogens is 1. The Morgan fingerprint density at radius 2 is 2.03 bits per heavy atom. The van der Waals surface area contributed by atoms with Crippen molar-refractivity contribution in [3.8, 4) is 17.2 Å². The van der Waals surface area contributed by atoms with Crippen molar-refractivity contribution in [1.29, 1.82) is 0 Å². The number of amides is 1. The molecular formula is C28H27BrN4O4S2. The van der Waals surface area contributed by atoms with E-state index >= 15 is 0 Å². The molecule has 1 aliphatic rings. The van der Waals surface area contributed by atoms with Gasteiger partial charge >= 0.3 is 0 Å². The fraction of sp³-hybridized carbons (Fsp3) is 0.286. The van der Waals surface area contributed by atoms with Crippen molar-refractivity contribution in [3.05, 3.63) is 73.3 Å². The fourth-order valence-electron chi connectivity index (χ4n) is 4.47. The van der Waals surface area contributed by atoms with E-state index in [1.807, 2.05) is 49.4 Å². The number of carbonyl (C=O) groups is 1. The number of fused-ring (bicyclic) bond motifs is 3. The largest absolute Gasteiger partial charge is 0.496 e. The van der Waals surface area contributed by atoms with E-state index < -0.39 is 0 Å². The van der Waals surface area contributed by atoms with Gasteiger partial charge in [0.15, 0.2) is 5.16 Å². The molecule has 0 fully saturated rings. The van der Waals surface area contributed by atoms with E-state index in [-0.39, 0.29) is 17.2 Å². The molecule has 5 rings (SSSR count). The van der Waals surface area contributed by atoms with Crippen LogP contribution in [0.15, 0.2) is 62.0 Å². The van der Waals surface area contributed by atoms with E-state index in [1.54, 1.807) is 29.2 Å². The number of nitrogens with zero attached hydrogens (tertiary/aromatic N) is 3. The van der Waals surface area contributed by atoms with Gasteiger partial charge in [0.2, 0.25) is 0 Å². The maximum absolute atomic E-state index is 13.9. The van der Waals surface area contributed by atoms with E-state index in [4.69, 9.17) is 14.5 Å². The summed E-state index contributed by atoms with van der Waals surface area (Å²) in [6.07, 6.45) is 5.64. The number of ether oxygens (including phenoxy) is 2. The number of thioether (sulfide) groups is 1. The molecule has 1 N–H and O–H groups in total. The maximum atomic E-state index is 13.9. The molecule has 39 heavy (non-hydrogen) atoms. The highest BCUT2D eigenvalue weighted by Crippen LogP contribution is 2.35. The van der Waals surface area contributed by atoms with Gasteiger partial charge in [-0.3, -0.25) is 14.2 Å². The van der Waals surface area contributed by atoms with Gasteiger partial charge in [-0.15, -0.1) is 11.3 Å². The summed E-state index contributed by atoms with van der Waals surface area (Å²) in [4.78, 5) is 33.4. The molecule has 0 atom stereocenters. The Bertz CT molecular complexity index is 1600. The second-order valence-electron chi connectivity index (χ2n) is 8.83. The standard InChI is InChI=1S/C28H27BrN4O4S2/c1-3-37-19-11-9-18(10-12-19)33-27(35)25-20-6-4-5-7-23(20)39-26(25)31-28(33)38-16-24(34)32-30-15-17-8-13-22(36-2)21(29)14-17/h8-15H,3-7,16H2,1-2H3,(H,32,34). The maximum Gasteiger partial charge on any atom is 0.267 e. The van der Waals surface area contributed by atoms with Crippen LogP contribution in [0.2, 0.25) is 0 Å². The molecule has 0 bridgehead atoms. The van der Waals surface area contributed by atoms with Crippen LogP contribution in [0.4, 0.5) is 0 Å². The van der Waals surface area contributed by atoms with Crippen LogP contribution < -0.4 is 20.5 Å². The summed E-state index contributed by atoms with van der Waals surface area (Å²) < 4.78 is 13.2. The molecule has 1 aliphatic carbocycles. The fourth-order valence-corrected chi connectivity index (χ4v) is 7.14. The molecule has 2 heterocycles. The summed E-state index contributed by atoms with van der Waals surface area (Å²) >= 11 is 6.25. The molecule has 8 nitrogen and oxygen atoms in total. The number of benzene rings is 2. The number of rotatable bonds is 9. The summed E-state index contributed by atoms with van der Waals surface area (Å²) in [5, 5.41) is 5.24. The molecule has 0 spiro atoms. The number of nitrogens with one attached hydrogen (secondary N) is 1. The second-order valence-corrected chi connectivity index (χ2v) is 11.7. The summed E-state index contributed by atoms with van der Waals surface area (Å²) in [6.45, 7) is 2.48. The minimum absolute atomic E-state index is 0.0453. The first kappa shape index (κ1) is 27.4. The predicted octanol–water partition coefficient (Wildman–Crippen LogP) is 5.74. The van der Waals surface area contributed by atoms with Crippen LogP contribution in [0.1, 0.15) is 35.8 Å². The number of hydrogen-bond donors (Lipinski definition) is 1. The highest BCUT2D eigenvalue weighted by Gasteiger charge is 2.23. The third-order valence-corrected chi connectivity index (χ3v) is 9.02. The summed E-state index contributed by atoms with van der Waals surface area (Å²) in [6, 6.07) is 12.9. The van der Waals surface area contributed by atoms with Crippen LogP contribution in [0.3, 0.4) is 0 Å². The Labute approximate surface area is 242 Å². The van der Waals surface area contributed by atoms with Gasteiger partial charge in [0.05, 0.1) is 41.2 Å². The molecule has 0 unspecified atom stereocenters. The number of methoxy groups -OCH3 is 1. The first-order chi connectivity index (χ1) is 19.0. The first-order valence-corrected chi connectivity index (χ1v) is 15.2. The van der Waals surface area contributed by atoms with Crippen molar-refractivity contribution in [2.75, 3.05) is 19.5 Å². The van der Waals surface area contributed by atoms with Crippen LogP contribution in [-0.4, -0.2) is 41.1 Å². The topological polar surface area (TPSA) is 94.8 Å². The van der Waals surface area contributed by atoms with E-state index in [0.717, 1.165) is 51.9 Å². The lowest BCUT2D eigenvalue weighted by atomic mass is 9.97. The second kappa shape index (κ2) is 12.4. The van der Waals surface area contributed by atoms with E-state index in [1.165, 1.54) is 16.6 Å². The average Bonchev–Trinajstić information content (AvgIpc) is 3.32. The smallest absolute Gasteiger partial charge is 0.267 e. The SMILES string of the molecule is CCOc1ccc(-n2c(SCC(=O)NN=Cc3ccc(OC)c(Br)c3)nc3sc4c(c3c2=O)CCCC4)cc1. The number of thiophene rings is 1. The van der Waals surface area contributed by atoms with Gasteiger partial charge in [-0.1, -0.05) is 11.8 Å². The lowest BCUT2D eigenvalue weighted by molar-refractivity contribution is -0.118. The van der Waals surface area contributed by atoms with Crippen molar-refractivity contribution in [2.45, 2.75) is 37.8 Å². The van der Waals surface area contributed by atoms with Gasteiger partial charge in [0, 0.05) is 4.88 Å². The normalized spacial score (nSPS) is 13.0. The van der Waals surface area contributed by atoms with E-state index in [2.05, 4.69) is 26.5 Å². The summed E-state index contributed by atoms with van der Waals surface area (Å²) in [5.41, 5.74) is 5.07. The zero-order valence-corrected chi connectivity index (χ0v) is 24.7. The number of carbonyl (C=O) groups excluding carboxylic acids is 1. The monoisotopic (exact) mass is 626 g/mol. The number of hydrogen-bond acceptors (Lipinski definition) is 8. The predicted molar refractivity (Wildman–Crippen MR) is 160 cm³/mol. The van der Waals surface area contributed by atoms with Crippen molar-refractivity contribution in [1.82, 2.24) is 15.0 Å². The minimum atomic E-state index is -0.304. The molecule has 0 aliphatic heterocycles. The van der Waals surface area contributed by atoms with Crippen LogP contribution in [0, 0.1) is 0 Å². The molecule has 0 radical (unpaired) electrons. The Hall–Kier alpha value is -3.15. The highest BCUT2D eigenvalue weighted by atomic mass is 79.9. The molecule has 1 amide bonds. The van der Waals surface area contributed by atoms with Crippen molar-refractivity contribution in [3.63, 3.8) is 0 Å². The number of hydrazone groups is 1. The van der Waals surface area contributed by atoms with Gasteiger partial charge in [-0.05, 0) is 102 Å². The van der Waals surface area contributed by atoms with Crippen LogP contribution in [-0.2, 0) is 17.6 Å². The van der Waals surface area contributed by atoms with Crippen LogP contribution in [0.25, 0.3) is 15.9 Å². The Balaban J connectivity index is 1.40. The quantitative estimate of drug-likeness (QED) is 0.110. The highest BCUT2D eigenvalue weighted by molar-refractivity contribution is 9.10. The summed E-state index contributed by atoms with van der Waals surface area (Å²) in [7, 11) is 1.60. The zero-order valence-electron chi connectivity index (χ0n) is 21.5. The molecule has 202 valence electrons. The summed E-state index contributed by atoms with van der Waals surface area (Å²) in [5.74, 6) is 1.18. The molecule has 2 aromatic heterocycles. The molecule has 4 aromatic rings. The van der Waals surface area contributed by atoms with Crippen molar-refractivity contribution < 1.29 is 14.3 Å². The average molecular weight is 628 g/mol. The minimum Gasteiger partial charge on any atom is -0.496 e. The first-order valence-electron chi connectivity index (χ1n) is 12.6. The molecule has 0 saturated carbocycles. The van der Waals surface area contributed by atoms with Gasteiger partial charge < -0.3 is 9.47 Å². The number of aryl methyl sites for hydroxylation is 2. The van der Waals surface area contributed by atoms with Crippen molar-refractivity contribution >= 4 is 61.4 Å².